The van der Waals surface area contributed by atoms with Crippen LogP contribution in [0.25, 0.3) is 5.69 Å². The normalized spacial score (nSPS) is 14.7. The average molecular weight is 240 g/mol. The second kappa shape index (κ2) is 4.77. The second-order valence-corrected chi connectivity index (χ2v) is 4.81. The summed E-state index contributed by atoms with van der Waals surface area (Å²) in [6.07, 6.45) is 6.81. The van der Waals surface area contributed by atoms with Crippen LogP contribution in [0.3, 0.4) is 0 Å². The summed E-state index contributed by atoms with van der Waals surface area (Å²) in [6.45, 7) is 0. The first-order valence-corrected chi connectivity index (χ1v) is 6.45. The summed E-state index contributed by atoms with van der Waals surface area (Å²) in [5, 5.41) is 4.40. The smallest absolute Gasteiger partial charge is 0.120 e. The van der Waals surface area contributed by atoms with Crippen molar-refractivity contribution >= 4 is 6.29 Å². The van der Waals surface area contributed by atoms with E-state index in [0.29, 0.717) is 12.3 Å². The van der Waals surface area contributed by atoms with E-state index in [2.05, 4.69) is 35.4 Å². The van der Waals surface area contributed by atoms with Gasteiger partial charge in [-0.15, -0.1) is 0 Å². The monoisotopic (exact) mass is 240 g/mol. The minimum absolute atomic E-state index is 0.592. The number of nitrogens with zero attached hydrogens (tertiary/aromatic N) is 2. The molecule has 1 aliphatic carbocycles. The van der Waals surface area contributed by atoms with E-state index in [4.69, 9.17) is 0 Å². The third kappa shape index (κ3) is 2.21. The maximum atomic E-state index is 10.3. The molecule has 0 aliphatic heterocycles. The predicted molar refractivity (Wildman–Crippen MR) is 69.9 cm³/mol. The number of benzene rings is 1. The minimum atomic E-state index is 0.592. The largest absolute Gasteiger partial charge is 0.303 e. The van der Waals surface area contributed by atoms with E-state index in [1.807, 2.05) is 10.9 Å². The zero-order valence-corrected chi connectivity index (χ0v) is 10.2. The van der Waals surface area contributed by atoms with Gasteiger partial charge in [0.25, 0.3) is 0 Å². The van der Waals surface area contributed by atoms with Crippen molar-refractivity contribution in [3.8, 4) is 5.69 Å². The molecule has 3 rings (SSSR count). The maximum Gasteiger partial charge on any atom is 0.120 e. The van der Waals surface area contributed by atoms with E-state index in [-0.39, 0.29) is 0 Å². The Morgan fingerprint density at radius 2 is 2.00 bits per heavy atom. The first kappa shape index (κ1) is 11.2. The Labute approximate surface area is 106 Å². The fourth-order valence-corrected chi connectivity index (χ4v) is 2.25. The quantitative estimate of drug-likeness (QED) is 0.753. The Balaban J connectivity index is 1.83. The molecule has 1 saturated carbocycles. The van der Waals surface area contributed by atoms with Crippen molar-refractivity contribution < 1.29 is 4.79 Å². The van der Waals surface area contributed by atoms with Gasteiger partial charge in [-0.25, -0.2) is 4.68 Å². The Hall–Kier alpha value is -1.90. The molecule has 1 aliphatic rings. The third-order valence-electron chi connectivity index (χ3n) is 3.40. The van der Waals surface area contributed by atoms with Crippen molar-refractivity contribution in [3.63, 3.8) is 0 Å². The van der Waals surface area contributed by atoms with Gasteiger partial charge < -0.3 is 4.79 Å². The molecule has 1 heterocycles. The predicted octanol–water partition coefficient (Wildman–Crippen LogP) is 2.88. The molecule has 0 spiro atoms. The van der Waals surface area contributed by atoms with Gasteiger partial charge in [0.2, 0.25) is 0 Å². The molecule has 0 radical (unpaired) electrons. The van der Waals surface area contributed by atoms with Crippen molar-refractivity contribution in [2.75, 3.05) is 0 Å². The van der Waals surface area contributed by atoms with Gasteiger partial charge in [0, 0.05) is 24.2 Å². The van der Waals surface area contributed by atoms with Crippen LogP contribution in [0.2, 0.25) is 0 Å². The lowest BCUT2D eigenvalue weighted by Crippen LogP contribution is -2.01. The van der Waals surface area contributed by atoms with Crippen LogP contribution in [0.5, 0.6) is 0 Å². The van der Waals surface area contributed by atoms with Gasteiger partial charge in [0.05, 0.1) is 5.69 Å². The Kier molecular flexibility index (Phi) is 2.97. The molecule has 0 amide bonds. The number of hydrogen-bond donors (Lipinski definition) is 0. The molecule has 1 aromatic heterocycles. The number of hydrogen-bond acceptors (Lipinski definition) is 2. The van der Waals surface area contributed by atoms with Gasteiger partial charge in [-0.1, -0.05) is 12.1 Å². The molecular weight excluding hydrogens is 224 g/mol. The highest BCUT2D eigenvalue weighted by Gasteiger charge is 2.27. The zero-order valence-electron chi connectivity index (χ0n) is 10.2. The number of aromatic nitrogens is 2. The van der Waals surface area contributed by atoms with Gasteiger partial charge in [0.1, 0.15) is 6.29 Å². The Morgan fingerprint density at radius 1 is 1.22 bits per heavy atom. The number of aldehydes is 1. The summed E-state index contributed by atoms with van der Waals surface area (Å²) in [6, 6.07) is 10.4. The topological polar surface area (TPSA) is 34.9 Å². The van der Waals surface area contributed by atoms with Crippen molar-refractivity contribution in [2.45, 2.75) is 31.6 Å². The lowest BCUT2D eigenvalue weighted by atomic mass is 10.1. The lowest BCUT2D eigenvalue weighted by molar-refractivity contribution is -0.107. The summed E-state index contributed by atoms with van der Waals surface area (Å²) in [4.78, 5) is 10.3. The first-order chi connectivity index (χ1) is 8.88. The SMILES string of the molecule is O=CCCc1ccc(-n2nccc2C2CC2)cc1. The number of carbonyl (C=O) groups is 1. The summed E-state index contributed by atoms with van der Waals surface area (Å²) >= 11 is 0. The van der Waals surface area contributed by atoms with Gasteiger partial charge in [-0.3, -0.25) is 0 Å². The van der Waals surface area contributed by atoms with E-state index in [1.54, 1.807) is 0 Å². The fourth-order valence-electron chi connectivity index (χ4n) is 2.25. The number of rotatable bonds is 5. The van der Waals surface area contributed by atoms with Crippen molar-refractivity contribution in [3.05, 3.63) is 47.8 Å². The molecule has 92 valence electrons. The van der Waals surface area contributed by atoms with E-state index >= 15 is 0 Å². The zero-order chi connectivity index (χ0) is 12.4. The van der Waals surface area contributed by atoms with Crippen LogP contribution in [0, 0.1) is 0 Å². The molecule has 0 bridgehead atoms. The van der Waals surface area contributed by atoms with E-state index in [9.17, 15) is 4.79 Å². The fraction of sp³-hybridized carbons (Fsp3) is 0.333. The number of carbonyl (C=O) groups excluding carboxylic acids is 1. The summed E-state index contributed by atoms with van der Waals surface area (Å²) < 4.78 is 2.03. The minimum Gasteiger partial charge on any atom is -0.303 e. The second-order valence-electron chi connectivity index (χ2n) is 4.81. The van der Waals surface area contributed by atoms with E-state index in [1.165, 1.54) is 24.1 Å². The highest BCUT2D eigenvalue weighted by Crippen LogP contribution is 2.40. The average Bonchev–Trinajstić information content (AvgIpc) is 3.15. The van der Waals surface area contributed by atoms with Crippen molar-refractivity contribution in [1.82, 2.24) is 9.78 Å². The van der Waals surface area contributed by atoms with Crippen molar-refractivity contribution in [2.24, 2.45) is 0 Å². The molecular formula is C15H16N2O. The molecule has 1 fully saturated rings. The molecule has 3 heteroatoms. The van der Waals surface area contributed by atoms with Gasteiger partial charge >= 0.3 is 0 Å². The summed E-state index contributed by atoms with van der Waals surface area (Å²) in [5.41, 5.74) is 3.62. The van der Waals surface area contributed by atoms with Crippen LogP contribution >= 0.6 is 0 Å². The highest BCUT2D eigenvalue weighted by atomic mass is 16.1. The summed E-state index contributed by atoms with van der Waals surface area (Å²) in [7, 11) is 0. The van der Waals surface area contributed by atoms with E-state index in [0.717, 1.165) is 18.4 Å². The maximum absolute atomic E-state index is 10.3. The van der Waals surface area contributed by atoms with Crippen LogP contribution in [0.15, 0.2) is 36.5 Å². The molecule has 0 N–H and O–H groups in total. The van der Waals surface area contributed by atoms with Crippen molar-refractivity contribution in [1.29, 1.82) is 0 Å². The van der Waals surface area contributed by atoms with Crippen LogP contribution in [-0.4, -0.2) is 16.1 Å². The van der Waals surface area contributed by atoms with Crippen LogP contribution in [0.4, 0.5) is 0 Å². The van der Waals surface area contributed by atoms with Gasteiger partial charge in [0.15, 0.2) is 0 Å². The van der Waals surface area contributed by atoms with Gasteiger partial charge in [-0.2, -0.15) is 5.10 Å². The first-order valence-electron chi connectivity index (χ1n) is 6.45. The molecule has 0 saturated heterocycles. The molecule has 0 atom stereocenters. The van der Waals surface area contributed by atoms with Gasteiger partial charge in [-0.05, 0) is 43.0 Å². The Morgan fingerprint density at radius 3 is 2.67 bits per heavy atom. The number of aryl methyl sites for hydroxylation is 1. The standard InChI is InChI=1S/C15H16N2O/c18-11-1-2-12-3-7-14(8-4-12)17-15(9-10-16-17)13-5-6-13/h3-4,7-11,13H,1-2,5-6H2. The third-order valence-corrected chi connectivity index (χ3v) is 3.40. The van der Waals surface area contributed by atoms with Crippen LogP contribution in [0.1, 0.15) is 36.4 Å². The van der Waals surface area contributed by atoms with E-state index < -0.39 is 0 Å². The molecule has 1 aromatic carbocycles. The molecule has 3 nitrogen and oxygen atoms in total. The molecule has 18 heavy (non-hydrogen) atoms. The van der Waals surface area contributed by atoms with Crippen LogP contribution in [-0.2, 0) is 11.2 Å². The Bertz CT molecular complexity index is 538. The summed E-state index contributed by atoms with van der Waals surface area (Å²) in [5.74, 6) is 0.697. The molecule has 0 unspecified atom stereocenters. The lowest BCUT2D eigenvalue weighted by Gasteiger charge is -2.07. The highest BCUT2D eigenvalue weighted by molar-refractivity contribution is 5.50. The molecule has 2 aromatic rings. The van der Waals surface area contributed by atoms with Crippen LogP contribution < -0.4 is 0 Å².